The zero-order valence-electron chi connectivity index (χ0n) is 17.2. The highest BCUT2D eigenvalue weighted by atomic mass is 16.5. The first-order valence-electron chi connectivity index (χ1n) is 10.9. The third-order valence-electron chi connectivity index (χ3n) is 7.10. The second-order valence-corrected chi connectivity index (χ2v) is 9.05. The maximum Gasteiger partial charge on any atom is 0.233 e. The maximum absolute atomic E-state index is 13.7. The van der Waals surface area contributed by atoms with E-state index in [1.54, 1.807) is 7.11 Å². The summed E-state index contributed by atoms with van der Waals surface area (Å²) in [5.74, 6) is 1.80. The Morgan fingerprint density at radius 1 is 1.00 bits per heavy atom. The molecule has 3 heterocycles. The normalized spacial score (nSPS) is 25.5. The number of methoxy groups -OCH3 is 1. The number of carbonyl (C=O) groups is 1. The lowest BCUT2D eigenvalue weighted by molar-refractivity contribution is -0.138. The van der Waals surface area contributed by atoms with Gasteiger partial charge in [0.15, 0.2) is 0 Å². The van der Waals surface area contributed by atoms with E-state index in [1.807, 2.05) is 12.1 Å². The van der Waals surface area contributed by atoms with E-state index in [1.165, 1.54) is 12.0 Å². The number of nitrogens with zero attached hydrogens (tertiary/aromatic N) is 2. The van der Waals surface area contributed by atoms with Crippen molar-refractivity contribution in [3.8, 4) is 5.75 Å². The summed E-state index contributed by atoms with van der Waals surface area (Å²) >= 11 is 0. The molecule has 0 aromatic heterocycles. The number of benzene rings is 2. The minimum Gasteiger partial charge on any atom is -0.497 e. The molecule has 0 N–H and O–H groups in total. The molecule has 2 aromatic rings. The van der Waals surface area contributed by atoms with Gasteiger partial charge in [-0.25, -0.2) is 0 Å². The van der Waals surface area contributed by atoms with Crippen molar-refractivity contribution in [2.45, 2.75) is 43.7 Å². The maximum atomic E-state index is 13.7. The van der Waals surface area contributed by atoms with Crippen molar-refractivity contribution < 1.29 is 9.53 Å². The van der Waals surface area contributed by atoms with Gasteiger partial charge in [-0.15, -0.1) is 0 Å². The third-order valence-corrected chi connectivity index (χ3v) is 7.10. The van der Waals surface area contributed by atoms with Crippen LogP contribution in [0.5, 0.6) is 5.75 Å². The number of hydrogen-bond acceptors (Lipinski definition) is 3. The Hall–Kier alpha value is -2.33. The summed E-state index contributed by atoms with van der Waals surface area (Å²) in [6, 6.07) is 19.2. The molecular weight excluding hydrogens is 360 g/mol. The van der Waals surface area contributed by atoms with Gasteiger partial charge in [-0.3, -0.25) is 9.69 Å². The van der Waals surface area contributed by atoms with Crippen LogP contribution in [0.15, 0.2) is 54.6 Å². The number of hydrogen-bond donors (Lipinski definition) is 0. The summed E-state index contributed by atoms with van der Waals surface area (Å²) in [4.78, 5) is 18.5. The molecule has 3 aliphatic heterocycles. The molecule has 2 atom stereocenters. The molecule has 4 aliphatic rings. The Morgan fingerprint density at radius 3 is 2.45 bits per heavy atom. The van der Waals surface area contributed by atoms with E-state index in [9.17, 15) is 4.79 Å². The van der Waals surface area contributed by atoms with Crippen molar-refractivity contribution in [3.05, 3.63) is 65.7 Å². The van der Waals surface area contributed by atoms with Crippen molar-refractivity contribution in [2.75, 3.05) is 26.7 Å². The lowest BCUT2D eigenvalue weighted by Crippen LogP contribution is -2.51. The highest BCUT2D eigenvalue weighted by Crippen LogP contribution is 2.51. The topological polar surface area (TPSA) is 32.8 Å². The number of ether oxygens (including phenoxy) is 1. The fourth-order valence-electron chi connectivity index (χ4n) is 5.33. The van der Waals surface area contributed by atoms with Gasteiger partial charge in [0.05, 0.1) is 12.5 Å². The molecule has 0 radical (unpaired) electrons. The Bertz CT molecular complexity index is 860. The Labute approximate surface area is 173 Å². The summed E-state index contributed by atoms with van der Waals surface area (Å²) in [5.41, 5.74) is 2.23. The van der Waals surface area contributed by atoms with Crippen molar-refractivity contribution in [2.24, 2.45) is 5.92 Å². The molecule has 4 fully saturated rings. The van der Waals surface area contributed by atoms with E-state index in [2.05, 4.69) is 52.3 Å². The molecular formula is C25H30N2O2. The minimum atomic E-state index is -0.291. The molecule has 2 aromatic carbocycles. The van der Waals surface area contributed by atoms with Crippen LogP contribution >= 0.6 is 0 Å². The van der Waals surface area contributed by atoms with Gasteiger partial charge in [0, 0.05) is 32.2 Å². The molecule has 0 spiro atoms. The Kier molecular flexibility index (Phi) is 4.83. The molecule has 4 nitrogen and oxygen atoms in total. The predicted octanol–water partition coefficient (Wildman–Crippen LogP) is 3.85. The first-order valence-corrected chi connectivity index (χ1v) is 10.9. The van der Waals surface area contributed by atoms with Gasteiger partial charge in [0.25, 0.3) is 0 Å². The van der Waals surface area contributed by atoms with Gasteiger partial charge in [-0.1, -0.05) is 42.5 Å². The van der Waals surface area contributed by atoms with Crippen LogP contribution in [0.25, 0.3) is 0 Å². The van der Waals surface area contributed by atoms with Gasteiger partial charge in [-0.05, 0) is 54.9 Å². The molecule has 6 rings (SSSR count). The second-order valence-electron chi connectivity index (χ2n) is 9.05. The SMILES string of the molecule is COc1ccc(C2(C(=O)N3C[C@H]4CC[C@@H]3CN(Cc3ccccc3)C4)CC2)cc1. The number of amides is 1. The lowest BCUT2D eigenvalue weighted by Gasteiger charge is -2.38. The monoisotopic (exact) mass is 390 g/mol. The predicted molar refractivity (Wildman–Crippen MR) is 114 cm³/mol. The summed E-state index contributed by atoms with van der Waals surface area (Å²) < 4.78 is 5.30. The van der Waals surface area contributed by atoms with E-state index in [4.69, 9.17) is 4.74 Å². The van der Waals surface area contributed by atoms with Gasteiger partial charge in [-0.2, -0.15) is 0 Å². The summed E-state index contributed by atoms with van der Waals surface area (Å²) in [6.07, 6.45) is 4.33. The average molecular weight is 391 g/mol. The highest BCUT2D eigenvalue weighted by Gasteiger charge is 2.55. The van der Waals surface area contributed by atoms with E-state index in [-0.39, 0.29) is 5.41 Å². The van der Waals surface area contributed by atoms with Crippen LogP contribution in [0.4, 0.5) is 0 Å². The number of piperidine rings is 1. The van der Waals surface area contributed by atoms with Crippen LogP contribution in [0.1, 0.15) is 36.8 Å². The van der Waals surface area contributed by atoms with Gasteiger partial charge in [0.1, 0.15) is 5.75 Å². The van der Waals surface area contributed by atoms with E-state index in [0.717, 1.165) is 56.8 Å². The molecule has 1 saturated carbocycles. The molecule has 1 amide bonds. The van der Waals surface area contributed by atoms with Crippen LogP contribution in [0.2, 0.25) is 0 Å². The zero-order chi connectivity index (χ0) is 19.8. The second kappa shape index (κ2) is 7.49. The van der Waals surface area contributed by atoms with Crippen LogP contribution < -0.4 is 4.74 Å². The number of fused-ring (bicyclic) bond motifs is 4. The molecule has 29 heavy (non-hydrogen) atoms. The third kappa shape index (κ3) is 3.55. The summed E-state index contributed by atoms with van der Waals surface area (Å²) in [5, 5.41) is 0. The highest BCUT2D eigenvalue weighted by molar-refractivity contribution is 5.91. The Morgan fingerprint density at radius 2 is 1.76 bits per heavy atom. The quantitative estimate of drug-likeness (QED) is 0.777. The van der Waals surface area contributed by atoms with Gasteiger partial charge < -0.3 is 9.64 Å². The fourth-order valence-corrected chi connectivity index (χ4v) is 5.33. The van der Waals surface area contributed by atoms with Crippen molar-refractivity contribution in [3.63, 3.8) is 0 Å². The van der Waals surface area contributed by atoms with Gasteiger partial charge >= 0.3 is 0 Å². The smallest absolute Gasteiger partial charge is 0.233 e. The molecule has 152 valence electrons. The largest absolute Gasteiger partial charge is 0.497 e. The zero-order valence-corrected chi connectivity index (χ0v) is 17.2. The molecule has 1 aliphatic carbocycles. The fraction of sp³-hybridized carbons (Fsp3) is 0.480. The molecule has 4 heteroatoms. The lowest BCUT2D eigenvalue weighted by atomic mass is 9.89. The van der Waals surface area contributed by atoms with Crippen LogP contribution in [-0.2, 0) is 16.8 Å². The summed E-state index contributed by atoms with van der Waals surface area (Å²) in [6.45, 7) is 4.01. The van der Waals surface area contributed by atoms with Crippen LogP contribution in [-0.4, -0.2) is 48.5 Å². The Balaban J connectivity index is 1.33. The standard InChI is InChI=1S/C25H30N2O2/c1-29-23-11-8-21(9-12-23)25(13-14-25)24(28)27-17-20-7-10-22(27)18-26(16-20)15-19-5-3-2-4-6-19/h2-6,8-9,11-12,20,22H,7,10,13-18H2,1H3/t20-,22+/m0/s1. The number of carbonyl (C=O) groups excluding carboxylic acids is 1. The first kappa shape index (κ1) is 18.7. The van der Waals surface area contributed by atoms with Crippen LogP contribution in [0.3, 0.4) is 0 Å². The number of rotatable bonds is 5. The van der Waals surface area contributed by atoms with Crippen LogP contribution in [0, 0.1) is 5.92 Å². The van der Waals surface area contributed by atoms with Crippen molar-refractivity contribution >= 4 is 5.91 Å². The van der Waals surface area contributed by atoms with E-state index >= 15 is 0 Å². The molecule has 3 saturated heterocycles. The first-order chi connectivity index (χ1) is 14.2. The van der Waals surface area contributed by atoms with Crippen molar-refractivity contribution in [1.29, 1.82) is 0 Å². The van der Waals surface area contributed by atoms with E-state index < -0.39 is 0 Å². The molecule has 2 bridgehead atoms. The molecule has 0 unspecified atom stereocenters. The summed E-state index contributed by atoms with van der Waals surface area (Å²) in [7, 11) is 1.68. The van der Waals surface area contributed by atoms with E-state index in [0.29, 0.717) is 17.9 Å². The average Bonchev–Trinajstić information content (AvgIpc) is 3.60. The van der Waals surface area contributed by atoms with Crippen molar-refractivity contribution in [1.82, 2.24) is 9.80 Å². The minimum absolute atomic E-state index is 0.291. The van der Waals surface area contributed by atoms with Gasteiger partial charge in [0.2, 0.25) is 5.91 Å².